The van der Waals surface area contributed by atoms with Crippen molar-refractivity contribution in [3.8, 4) is 0 Å². The van der Waals surface area contributed by atoms with Gasteiger partial charge in [0, 0.05) is 8.90 Å². The van der Waals surface area contributed by atoms with E-state index in [0.717, 1.165) is 4.43 Å². The van der Waals surface area contributed by atoms with Crippen LogP contribution in [0, 0.1) is 0 Å². The Balaban J connectivity index is 2.49. The van der Waals surface area contributed by atoms with E-state index in [9.17, 15) is 0 Å². The lowest BCUT2D eigenvalue weighted by molar-refractivity contribution is 0.975. The van der Waals surface area contributed by atoms with Crippen LogP contribution in [0.25, 0.3) is 5.57 Å². The van der Waals surface area contributed by atoms with Crippen LogP contribution in [0.1, 0.15) is 17.5 Å². The quantitative estimate of drug-likeness (QED) is 0.526. The summed E-state index contributed by atoms with van der Waals surface area (Å²) in [5.41, 5.74) is 4.43. The number of allylic oxidation sites excluding steroid dienone is 2. The van der Waals surface area contributed by atoms with E-state index in [-0.39, 0.29) is 0 Å². The van der Waals surface area contributed by atoms with Crippen molar-refractivity contribution in [2.75, 3.05) is 4.43 Å². The minimum atomic E-state index is 1.12. The maximum atomic E-state index is 3.51. The van der Waals surface area contributed by atoms with Crippen molar-refractivity contribution in [1.82, 2.24) is 0 Å². The van der Waals surface area contributed by atoms with Gasteiger partial charge >= 0.3 is 0 Å². The lowest BCUT2D eigenvalue weighted by Gasteiger charge is -2.16. The zero-order chi connectivity index (χ0) is 9.26. The normalized spacial score (nSPS) is 15.1. The molecule has 0 atom stereocenters. The lowest BCUT2D eigenvalue weighted by Crippen LogP contribution is -2.00. The molecule has 0 N–H and O–H groups in total. The van der Waals surface area contributed by atoms with Crippen LogP contribution in [-0.2, 0) is 6.42 Å². The molecule has 0 aliphatic heterocycles. The van der Waals surface area contributed by atoms with Crippen molar-refractivity contribution in [1.29, 1.82) is 0 Å². The van der Waals surface area contributed by atoms with Crippen LogP contribution in [0.4, 0.5) is 0 Å². The molecule has 1 aliphatic carbocycles. The molecule has 2 rings (SSSR count). The van der Waals surface area contributed by atoms with Crippen molar-refractivity contribution in [3.05, 3.63) is 39.9 Å². The Hall–Kier alpha value is 0.170. The first-order chi connectivity index (χ1) is 6.31. The number of halogens is 2. The van der Waals surface area contributed by atoms with Crippen LogP contribution in [0.5, 0.6) is 0 Å². The maximum Gasteiger partial charge on any atom is 0.0249 e. The Morgan fingerprint density at radius 2 is 2.23 bits per heavy atom. The molecule has 0 radical (unpaired) electrons. The number of hydrogen-bond donors (Lipinski definition) is 0. The average Bonchev–Trinajstić information content (AvgIpc) is 2.16. The first-order valence-corrected chi connectivity index (χ1v) is 6.67. The molecule has 0 bridgehead atoms. The molecule has 0 amide bonds. The Morgan fingerprint density at radius 3 is 3.00 bits per heavy atom. The molecule has 2 heteroatoms. The van der Waals surface area contributed by atoms with Gasteiger partial charge in [-0.3, -0.25) is 0 Å². The van der Waals surface area contributed by atoms with Crippen molar-refractivity contribution in [2.45, 2.75) is 12.8 Å². The summed E-state index contributed by atoms with van der Waals surface area (Å²) in [7, 11) is 0. The van der Waals surface area contributed by atoms with E-state index in [1.807, 2.05) is 0 Å². The molecule has 1 aromatic rings. The molecule has 0 aromatic heterocycles. The molecule has 1 aromatic carbocycles. The third kappa shape index (κ3) is 1.99. The van der Waals surface area contributed by atoms with Gasteiger partial charge in [0.25, 0.3) is 0 Å². The number of aryl methyl sites for hydroxylation is 1. The Bertz CT molecular complexity index is 355. The highest BCUT2D eigenvalue weighted by molar-refractivity contribution is 14.1. The molecule has 0 heterocycles. The Kier molecular flexibility index (Phi) is 3.09. The summed E-state index contributed by atoms with van der Waals surface area (Å²) in [6, 6.07) is 6.60. The molecule has 0 saturated carbocycles. The van der Waals surface area contributed by atoms with Crippen molar-refractivity contribution >= 4 is 44.1 Å². The van der Waals surface area contributed by atoms with Crippen molar-refractivity contribution < 1.29 is 0 Å². The van der Waals surface area contributed by atoms with Gasteiger partial charge in [-0.1, -0.05) is 50.7 Å². The van der Waals surface area contributed by atoms with Gasteiger partial charge in [-0.15, -0.1) is 0 Å². The molecule has 0 fully saturated rings. The van der Waals surface area contributed by atoms with E-state index in [4.69, 9.17) is 0 Å². The van der Waals surface area contributed by atoms with Crippen molar-refractivity contribution in [2.24, 2.45) is 0 Å². The summed E-state index contributed by atoms with van der Waals surface area (Å²) >= 11 is 5.94. The Labute approximate surface area is 101 Å². The van der Waals surface area contributed by atoms with Crippen LogP contribution < -0.4 is 0 Å². The predicted molar refractivity (Wildman–Crippen MR) is 69.3 cm³/mol. The molecular formula is C11H10BrI. The van der Waals surface area contributed by atoms with Crippen LogP contribution in [-0.4, -0.2) is 4.43 Å². The fourth-order valence-electron chi connectivity index (χ4n) is 1.72. The zero-order valence-electron chi connectivity index (χ0n) is 7.19. The molecule has 0 spiro atoms. The molecule has 0 unspecified atom stereocenters. The molecular weight excluding hydrogens is 339 g/mol. The Morgan fingerprint density at radius 1 is 1.38 bits per heavy atom. The lowest BCUT2D eigenvalue weighted by atomic mass is 9.92. The second kappa shape index (κ2) is 4.13. The van der Waals surface area contributed by atoms with Gasteiger partial charge < -0.3 is 0 Å². The second-order valence-corrected chi connectivity index (χ2v) is 4.88. The minimum absolute atomic E-state index is 1.12. The fourth-order valence-corrected chi connectivity index (χ4v) is 2.85. The standard InChI is InChI=1S/C11H10BrI/c12-10-4-5-11-8(6-10)2-1-3-9(11)7-13/h3-6H,1-2,7H2. The third-order valence-corrected chi connectivity index (χ3v) is 3.68. The first-order valence-electron chi connectivity index (χ1n) is 4.35. The highest BCUT2D eigenvalue weighted by Gasteiger charge is 2.10. The van der Waals surface area contributed by atoms with E-state index in [1.165, 1.54) is 34.0 Å². The van der Waals surface area contributed by atoms with E-state index in [0.29, 0.717) is 0 Å². The second-order valence-electron chi connectivity index (χ2n) is 3.20. The third-order valence-electron chi connectivity index (χ3n) is 2.36. The van der Waals surface area contributed by atoms with Gasteiger partial charge in [0.05, 0.1) is 0 Å². The largest absolute Gasteiger partial charge is 0.0812 e. The molecule has 13 heavy (non-hydrogen) atoms. The van der Waals surface area contributed by atoms with Gasteiger partial charge in [-0.2, -0.15) is 0 Å². The van der Waals surface area contributed by atoms with Gasteiger partial charge in [0.15, 0.2) is 0 Å². The summed E-state index contributed by atoms with van der Waals surface area (Å²) in [6.45, 7) is 0. The molecule has 0 saturated heterocycles. The highest BCUT2D eigenvalue weighted by atomic mass is 127. The number of fused-ring (bicyclic) bond motifs is 1. The minimum Gasteiger partial charge on any atom is -0.0812 e. The van der Waals surface area contributed by atoms with Crippen LogP contribution >= 0.6 is 38.5 Å². The molecule has 68 valence electrons. The van der Waals surface area contributed by atoms with E-state index in [2.05, 4.69) is 62.8 Å². The van der Waals surface area contributed by atoms with E-state index >= 15 is 0 Å². The molecule has 0 nitrogen and oxygen atoms in total. The van der Waals surface area contributed by atoms with Crippen LogP contribution in [0.2, 0.25) is 0 Å². The molecule has 1 aliphatic rings. The SMILES string of the molecule is Brc1ccc2c(c1)CCC=C2CI. The first kappa shape index (κ1) is 9.71. The summed E-state index contributed by atoms with van der Waals surface area (Å²) < 4.78 is 2.31. The van der Waals surface area contributed by atoms with Gasteiger partial charge in [-0.05, 0) is 41.7 Å². The maximum absolute atomic E-state index is 3.51. The van der Waals surface area contributed by atoms with E-state index < -0.39 is 0 Å². The average molecular weight is 349 g/mol. The van der Waals surface area contributed by atoms with Crippen LogP contribution in [0.15, 0.2) is 28.7 Å². The summed E-state index contributed by atoms with van der Waals surface area (Å²) in [6.07, 6.45) is 4.75. The number of alkyl halides is 1. The summed E-state index contributed by atoms with van der Waals surface area (Å²) in [4.78, 5) is 0. The fraction of sp³-hybridized carbons (Fsp3) is 0.273. The monoisotopic (exact) mass is 348 g/mol. The topological polar surface area (TPSA) is 0 Å². The van der Waals surface area contributed by atoms with Gasteiger partial charge in [0.2, 0.25) is 0 Å². The zero-order valence-corrected chi connectivity index (χ0v) is 10.9. The number of benzene rings is 1. The van der Waals surface area contributed by atoms with Gasteiger partial charge in [0.1, 0.15) is 0 Å². The smallest absolute Gasteiger partial charge is 0.0249 e. The van der Waals surface area contributed by atoms with E-state index in [1.54, 1.807) is 0 Å². The highest BCUT2D eigenvalue weighted by Crippen LogP contribution is 2.29. The van der Waals surface area contributed by atoms with Crippen LogP contribution in [0.3, 0.4) is 0 Å². The van der Waals surface area contributed by atoms with Gasteiger partial charge in [-0.25, -0.2) is 0 Å². The number of rotatable bonds is 1. The summed E-state index contributed by atoms with van der Waals surface area (Å²) in [5, 5.41) is 0. The van der Waals surface area contributed by atoms with Crippen molar-refractivity contribution in [3.63, 3.8) is 0 Å². The predicted octanol–water partition coefficient (Wildman–Crippen LogP) is 4.21. The summed E-state index contributed by atoms with van der Waals surface area (Å²) in [5.74, 6) is 0. The number of hydrogen-bond acceptors (Lipinski definition) is 0.